The smallest absolute Gasteiger partial charge is 0.410 e. The number of piperidine rings is 2. The molecule has 8 heteroatoms. The maximum absolute atomic E-state index is 12.9. The van der Waals surface area contributed by atoms with Gasteiger partial charge in [0.2, 0.25) is 0 Å². The molecule has 2 aromatic rings. The number of rotatable bonds is 2. The summed E-state index contributed by atoms with van der Waals surface area (Å²) in [5, 5.41) is 0. The van der Waals surface area contributed by atoms with Crippen LogP contribution in [-0.2, 0) is 18.3 Å². The average Bonchev–Trinajstić information content (AvgIpc) is 2.96. The largest absolute Gasteiger partial charge is 0.444 e. The summed E-state index contributed by atoms with van der Waals surface area (Å²) in [6.45, 7) is 16.2. The van der Waals surface area contributed by atoms with Crippen LogP contribution in [-0.4, -0.2) is 56.9 Å². The van der Waals surface area contributed by atoms with Crippen molar-refractivity contribution in [1.29, 1.82) is 0 Å². The predicted octanol–water partition coefficient (Wildman–Crippen LogP) is 4.40. The third-order valence-corrected chi connectivity index (χ3v) is 7.06. The van der Waals surface area contributed by atoms with Gasteiger partial charge in [0.05, 0.1) is 5.52 Å². The molecular formula is C26H41N5O3. The summed E-state index contributed by atoms with van der Waals surface area (Å²) in [7, 11) is 1.81. The minimum Gasteiger partial charge on any atom is -0.444 e. The van der Waals surface area contributed by atoms with Gasteiger partial charge in [-0.25, -0.2) is 14.6 Å². The summed E-state index contributed by atoms with van der Waals surface area (Å²) >= 11 is 0. The Hall–Kier alpha value is -2.51. The number of pyridine rings is 1. The number of fused-ring (bicyclic) bond motifs is 1. The summed E-state index contributed by atoms with van der Waals surface area (Å²) in [6.07, 6.45) is 4.03. The van der Waals surface area contributed by atoms with Crippen LogP contribution in [0.3, 0.4) is 0 Å². The molecule has 2 aliphatic rings. The van der Waals surface area contributed by atoms with Crippen molar-refractivity contribution in [3.63, 3.8) is 0 Å². The van der Waals surface area contributed by atoms with Crippen LogP contribution in [0.4, 0.5) is 10.6 Å². The van der Waals surface area contributed by atoms with Crippen molar-refractivity contribution in [1.82, 2.24) is 19.0 Å². The summed E-state index contributed by atoms with van der Waals surface area (Å²) in [6, 6.07) is 4.12. The van der Waals surface area contributed by atoms with Crippen molar-refractivity contribution in [3.8, 4) is 0 Å². The van der Waals surface area contributed by atoms with Crippen LogP contribution in [0, 0.1) is 10.8 Å². The molecule has 0 radical (unpaired) electrons. The van der Waals surface area contributed by atoms with E-state index in [2.05, 4.69) is 37.8 Å². The Bertz CT molecular complexity index is 1110. The lowest BCUT2D eigenvalue weighted by atomic mass is 9.72. The van der Waals surface area contributed by atoms with E-state index in [1.54, 1.807) is 4.57 Å². The molecule has 1 spiro atoms. The molecule has 8 nitrogen and oxygen atoms in total. The fraction of sp³-hybridized carbons (Fsp3) is 0.731. The molecule has 34 heavy (non-hydrogen) atoms. The second kappa shape index (κ2) is 8.61. The zero-order valence-corrected chi connectivity index (χ0v) is 22.0. The normalized spacial score (nSPS) is 19.1. The molecule has 0 aliphatic carbocycles. The molecule has 0 N–H and O–H groups in total. The van der Waals surface area contributed by atoms with E-state index in [1.165, 1.54) is 6.42 Å². The quantitative estimate of drug-likeness (QED) is 0.649. The van der Waals surface area contributed by atoms with Crippen molar-refractivity contribution < 1.29 is 9.53 Å². The number of amides is 1. The van der Waals surface area contributed by atoms with Gasteiger partial charge < -0.3 is 14.5 Å². The molecular weight excluding hydrogens is 430 g/mol. The molecule has 0 bridgehead atoms. The summed E-state index contributed by atoms with van der Waals surface area (Å²) < 4.78 is 9.09. The van der Waals surface area contributed by atoms with Gasteiger partial charge in [0, 0.05) is 39.8 Å². The number of hydrogen-bond donors (Lipinski definition) is 0. The number of aromatic nitrogens is 3. The highest BCUT2D eigenvalue weighted by Crippen LogP contribution is 2.41. The van der Waals surface area contributed by atoms with Gasteiger partial charge in [0.25, 0.3) is 0 Å². The Morgan fingerprint density at radius 2 is 1.74 bits per heavy atom. The molecule has 4 heterocycles. The number of aryl methyl sites for hydroxylation is 1. The van der Waals surface area contributed by atoms with Crippen LogP contribution in [0.25, 0.3) is 11.2 Å². The highest BCUT2D eigenvalue weighted by atomic mass is 16.6. The minimum atomic E-state index is -0.468. The Morgan fingerprint density at radius 3 is 2.35 bits per heavy atom. The molecule has 2 aromatic heterocycles. The van der Waals surface area contributed by atoms with Crippen LogP contribution in [0.2, 0.25) is 0 Å². The molecule has 2 saturated heterocycles. The van der Waals surface area contributed by atoms with Crippen LogP contribution < -0.4 is 10.6 Å². The fourth-order valence-corrected chi connectivity index (χ4v) is 5.37. The lowest BCUT2D eigenvalue weighted by Crippen LogP contribution is -2.51. The van der Waals surface area contributed by atoms with Crippen LogP contribution >= 0.6 is 0 Å². The third-order valence-electron chi connectivity index (χ3n) is 7.06. The molecule has 0 saturated carbocycles. The Kier molecular flexibility index (Phi) is 6.23. The van der Waals surface area contributed by atoms with Crippen LogP contribution in [0.5, 0.6) is 0 Å². The van der Waals surface area contributed by atoms with Gasteiger partial charge >= 0.3 is 11.8 Å². The van der Waals surface area contributed by atoms with E-state index >= 15 is 0 Å². The second-order valence-electron chi connectivity index (χ2n) is 12.5. The molecule has 0 aromatic carbocycles. The van der Waals surface area contributed by atoms with E-state index in [4.69, 9.17) is 9.72 Å². The topological polar surface area (TPSA) is 72.6 Å². The molecule has 2 aliphatic heterocycles. The van der Waals surface area contributed by atoms with Crippen molar-refractivity contribution in [2.45, 2.75) is 79.4 Å². The van der Waals surface area contributed by atoms with E-state index in [9.17, 15) is 9.59 Å². The number of nitrogens with zero attached hydrogens (tertiary/aromatic N) is 5. The molecule has 2 fully saturated rings. The molecule has 188 valence electrons. The number of hydrogen-bond acceptors (Lipinski definition) is 5. The van der Waals surface area contributed by atoms with E-state index < -0.39 is 5.60 Å². The number of anilines is 1. The van der Waals surface area contributed by atoms with Crippen molar-refractivity contribution in [2.24, 2.45) is 17.9 Å². The lowest BCUT2D eigenvalue weighted by molar-refractivity contribution is 0.00814. The monoisotopic (exact) mass is 471 g/mol. The molecule has 4 rings (SSSR count). The number of imidazole rings is 1. The highest BCUT2D eigenvalue weighted by molar-refractivity contribution is 5.74. The standard InChI is InChI=1S/C26H41N5O3/c1-24(2,3)17-31-19-9-10-20(27-21(19)28(7)22(31)32)30-14-8-11-26(18-30)12-15-29(16-13-26)23(33)34-25(4,5)6/h9-10H,8,11-18H2,1-7H3. The number of carbonyl (C=O) groups excluding carboxylic acids is 1. The number of ether oxygens (including phenoxy) is 1. The van der Waals surface area contributed by atoms with Gasteiger partial charge in [-0.2, -0.15) is 0 Å². The van der Waals surface area contributed by atoms with Gasteiger partial charge in [-0.05, 0) is 69.4 Å². The van der Waals surface area contributed by atoms with Gasteiger partial charge in [0.1, 0.15) is 11.4 Å². The highest BCUT2D eigenvalue weighted by Gasteiger charge is 2.40. The molecule has 0 unspecified atom stereocenters. The Morgan fingerprint density at radius 1 is 1.06 bits per heavy atom. The first kappa shape index (κ1) is 24.6. The SMILES string of the molecule is Cn1c(=O)n(CC(C)(C)C)c2ccc(N3CCCC4(CCN(C(=O)OC(C)(C)C)CC4)C3)nc21. The summed E-state index contributed by atoms with van der Waals surface area (Å²) in [4.78, 5) is 34.6. The van der Waals surface area contributed by atoms with Gasteiger partial charge in [-0.15, -0.1) is 0 Å². The van der Waals surface area contributed by atoms with Crippen LogP contribution in [0.1, 0.15) is 67.2 Å². The van der Waals surface area contributed by atoms with Gasteiger partial charge in [-0.1, -0.05) is 20.8 Å². The maximum atomic E-state index is 12.9. The lowest BCUT2D eigenvalue weighted by Gasteiger charge is -2.48. The molecule has 1 amide bonds. The maximum Gasteiger partial charge on any atom is 0.410 e. The minimum absolute atomic E-state index is 0.00417. The van der Waals surface area contributed by atoms with E-state index in [-0.39, 0.29) is 22.6 Å². The average molecular weight is 472 g/mol. The summed E-state index contributed by atoms with van der Waals surface area (Å²) in [5.41, 5.74) is 1.35. The zero-order valence-electron chi connectivity index (χ0n) is 22.0. The van der Waals surface area contributed by atoms with Crippen LogP contribution in [0.15, 0.2) is 16.9 Å². The first-order chi connectivity index (χ1) is 15.8. The van der Waals surface area contributed by atoms with Crippen molar-refractivity contribution in [3.05, 3.63) is 22.6 Å². The van der Waals surface area contributed by atoms with Gasteiger partial charge in [0.15, 0.2) is 5.65 Å². The van der Waals surface area contributed by atoms with Crippen molar-refractivity contribution >= 4 is 23.1 Å². The first-order valence-electron chi connectivity index (χ1n) is 12.6. The van der Waals surface area contributed by atoms with Crippen molar-refractivity contribution in [2.75, 3.05) is 31.1 Å². The second-order valence-corrected chi connectivity index (χ2v) is 12.5. The Labute approximate surface area is 202 Å². The van der Waals surface area contributed by atoms with E-state index in [0.29, 0.717) is 6.54 Å². The summed E-state index contributed by atoms with van der Waals surface area (Å²) in [5.74, 6) is 0.935. The zero-order chi connectivity index (χ0) is 24.9. The predicted molar refractivity (Wildman–Crippen MR) is 135 cm³/mol. The fourth-order valence-electron chi connectivity index (χ4n) is 5.37. The van der Waals surface area contributed by atoms with Gasteiger partial charge in [-0.3, -0.25) is 9.13 Å². The molecule has 0 atom stereocenters. The third kappa shape index (κ3) is 5.10. The number of likely N-dealkylation sites (tertiary alicyclic amines) is 1. The number of carbonyl (C=O) groups is 1. The van der Waals surface area contributed by atoms with E-state index in [1.807, 2.05) is 37.3 Å². The Balaban J connectivity index is 1.50. The van der Waals surface area contributed by atoms with E-state index in [0.717, 1.165) is 62.4 Å². The first-order valence-corrected chi connectivity index (χ1v) is 12.6.